The molecule has 4 nitrogen and oxygen atoms in total. The minimum absolute atomic E-state index is 0.0278. The number of hydrogen-bond donors (Lipinski definition) is 2. The fraction of sp³-hybridized carbons (Fsp3) is 0.417. The Bertz CT molecular complexity index is 632. The quantitative estimate of drug-likeness (QED) is 0.724. The zero-order chi connectivity index (χ0) is 13.8. The lowest BCUT2D eigenvalue weighted by Gasteiger charge is -2.31. The van der Waals surface area contributed by atoms with Crippen LogP contribution >= 0.6 is 0 Å². The van der Waals surface area contributed by atoms with E-state index in [9.17, 15) is 13.2 Å². The highest BCUT2D eigenvalue weighted by molar-refractivity contribution is 5.92. The van der Waals surface area contributed by atoms with Gasteiger partial charge in [-0.15, -0.1) is 0 Å². The Morgan fingerprint density at radius 3 is 2.84 bits per heavy atom. The summed E-state index contributed by atoms with van der Waals surface area (Å²) in [6.45, 7) is 1.73. The summed E-state index contributed by atoms with van der Waals surface area (Å²) >= 11 is 0. The molecule has 0 amide bonds. The highest BCUT2D eigenvalue weighted by atomic mass is 19.4. The number of anilines is 2. The van der Waals surface area contributed by atoms with E-state index in [1.54, 1.807) is 25.1 Å². The number of nitrogens with zero attached hydrogens (tertiary/aromatic N) is 2. The van der Waals surface area contributed by atoms with Crippen molar-refractivity contribution >= 4 is 22.4 Å². The summed E-state index contributed by atoms with van der Waals surface area (Å²) < 4.78 is 40.3. The molecule has 0 fully saturated rings. The van der Waals surface area contributed by atoms with Crippen LogP contribution < -0.4 is 11.1 Å². The standard InChI is InChI=1S/C12H13F3N4/c1-6-4-10(12(13,14)15)19-11(17-6)8-5-7(16)2-3-9(8)18-19/h2-3,5-6,10,17H,4,16H2,1H3. The first-order chi connectivity index (χ1) is 8.86. The van der Waals surface area contributed by atoms with Gasteiger partial charge in [-0.2, -0.15) is 18.3 Å². The number of aromatic nitrogens is 2. The largest absolute Gasteiger partial charge is 0.410 e. The van der Waals surface area contributed by atoms with Gasteiger partial charge >= 0.3 is 6.18 Å². The first-order valence-corrected chi connectivity index (χ1v) is 5.97. The molecule has 0 saturated carbocycles. The van der Waals surface area contributed by atoms with E-state index in [0.717, 1.165) is 4.68 Å². The molecule has 2 unspecified atom stereocenters. The van der Waals surface area contributed by atoms with Gasteiger partial charge in [-0.05, 0) is 31.5 Å². The molecule has 1 aliphatic rings. The van der Waals surface area contributed by atoms with Gasteiger partial charge in [0.2, 0.25) is 0 Å². The van der Waals surface area contributed by atoms with Crippen molar-refractivity contribution in [1.29, 1.82) is 0 Å². The number of benzene rings is 1. The van der Waals surface area contributed by atoms with E-state index >= 15 is 0 Å². The topological polar surface area (TPSA) is 55.9 Å². The van der Waals surface area contributed by atoms with Gasteiger partial charge in [-0.3, -0.25) is 0 Å². The lowest BCUT2D eigenvalue weighted by molar-refractivity contribution is -0.173. The molecule has 0 spiro atoms. The first kappa shape index (κ1) is 12.1. The Morgan fingerprint density at radius 1 is 1.42 bits per heavy atom. The highest BCUT2D eigenvalue weighted by Gasteiger charge is 2.45. The Balaban J connectivity index is 2.23. The van der Waals surface area contributed by atoms with Crippen LogP contribution in [0.15, 0.2) is 18.2 Å². The monoisotopic (exact) mass is 270 g/mol. The van der Waals surface area contributed by atoms with E-state index in [1.807, 2.05) is 0 Å². The van der Waals surface area contributed by atoms with Crippen molar-refractivity contribution in [3.05, 3.63) is 18.2 Å². The van der Waals surface area contributed by atoms with Gasteiger partial charge in [0.15, 0.2) is 6.04 Å². The minimum Gasteiger partial charge on any atom is -0.399 e. The van der Waals surface area contributed by atoms with Gasteiger partial charge in [-0.1, -0.05) is 0 Å². The van der Waals surface area contributed by atoms with Crippen LogP contribution in [0.1, 0.15) is 19.4 Å². The van der Waals surface area contributed by atoms with Crippen LogP contribution in [0, 0.1) is 0 Å². The van der Waals surface area contributed by atoms with Crippen LogP contribution in [-0.2, 0) is 0 Å². The molecule has 102 valence electrons. The van der Waals surface area contributed by atoms with Gasteiger partial charge in [0.1, 0.15) is 5.82 Å². The second-order valence-electron chi connectivity index (χ2n) is 4.91. The first-order valence-electron chi connectivity index (χ1n) is 5.97. The summed E-state index contributed by atoms with van der Waals surface area (Å²) in [5.41, 5.74) is 6.70. The predicted molar refractivity (Wildman–Crippen MR) is 66.9 cm³/mol. The fourth-order valence-corrected chi connectivity index (χ4v) is 2.49. The maximum atomic E-state index is 13.1. The molecule has 0 bridgehead atoms. The van der Waals surface area contributed by atoms with Crippen molar-refractivity contribution in [2.24, 2.45) is 0 Å². The van der Waals surface area contributed by atoms with Crippen LogP contribution in [-0.4, -0.2) is 22.0 Å². The third-order valence-electron chi connectivity index (χ3n) is 3.35. The second kappa shape index (κ2) is 3.79. The maximum absolute atomic E-state index is 13.1. The molecule has 3 N–H and O–H groups in total. The van der Waals surface area contributed by atoms with Gasteiger partial charge in [0.05, 0.1) is 5.52 Å². The molecule has 2 heterocycles. The number of nitrogens with two attached hydrogens (primary N) is 1. The molecule has 2 aromatic rings. The van der Waals surface area contributed by atoms with Crippen LogP contribution in [0.5, 0.6) is 0 Å². The average Bonchev–Trinajstić information content (AvgIpc) is 2.65. The molecule has 19 heavy (non-hydrogen) atoms. The van der Waals surface area contributed by atoms with Gasteiger partial charge in [0, 0.05) is 17.1 Å². The SMILES string of the molecule is CC1CC(C(F)(F)F)n2nc3ccc(N)cc3c2N1. The summed E-state index contributed by atoms with van der Waals surface area (Å²) in [6, 6.07) is 3.06. The number of rotatable bonds is 0. The molecule has 0 aliphatic carbocycles. The normalized spacial score (nSPS) is 23.2. The zero-order valence-electron chi connectivity index (χ0n) is 10.2. The Labute approximate surface area is 107 Å². The number of nitrogen functional groups attached to an aromatic ring is 1. The van der Waals surface area contributed by atoms with Gasteiger partial charge in [-0.25, -0.2) is 4.68 Å². The Morgan fingerprint density at radius 2 is 2.16 bits per heavy atom. The maximum Gasteiger partial charge on any atom is 0.410 e. The summed E-state index contributed by atoms with van der Waals surface area (Å²) in [5.74, 6) is 0.392. The van der Waals surface area contributed by atoms with Crippen LogP contribution in [0.2, 0.25) is 0 Å². The average molecular weight is 270 g/mol. The van der Waals surface area contributed by atoms with Crippen LogP contribution in [0.25, 0.3) is 10.9 Å². The van der Waals surface area contributed by atoms with Crippen molar-refractivity contribution in [2.75, 3.05) is 11.1 Å². The lowest BCUT2D eigenvalue weighted by Crippen LogP contribution is -2.37. The van der Waals surface area contributed by atoms with E-state index < -0.39 is 12.2 Å². The zero-order valence-corrected chi connectivity index (χ0v) is 10.2. The third kappa shape index (κ3) is 1.89. The lowest BCUT2D eigenvalue weighted by atomic mass is 10.1. The fourth-order valence-electron chi connectivity index (χ4n) is 2.49. The molecule has 2 atom stereocenters. The Hall–Kier alpha value is -1.92. The molecule has 0 radical (unpaired) electrons. The number of hydrogen-bond acceptors (Lipinski definition) is 3. The molecule has 7 heteroatoms. The molecule has 3 rings (SSSR count). The molecule has 1 aromatic carbocycles. The molecule has 0 saturated heterocycles. The Kier molecular flexibility index (Phi) is 2.42. The third-order valence-corrected chi connectivity index (χ3v) is 3.35. The van der Waals surface area contributed by atoms with Crippen molar-refractivity contribution in [2.45, 2.75) is 31.6 Å². The smallest absolute Gasteiger partial charge is 0.399 e. The van der Waals surface area contributed by atoms with Crippen LogP contribution in [0.3, 0.4) is 0 Å². The van der Waals surface area contributed by atoms with E-state index in [1.165, 1.54) is 0 Å². The van der Waals surface area contributed by atoms with Crippen molar-refractivity contribution in [1.82, 2.24) is 9.78 Å². The predicted octanol–water partition coefficient (Wildman–Crippen LogP) is 2.93. The summed E-state index contributed by atoms with van der Waals surface area (Å²) in [4.78, 5) is 0. The minimum atomic E-state index is -4.31. The van der Waals surface area contributed by atoms with Crippen LogP contribution in [0.4, 0.5) is 24.7 Å². The summed E-state index contributed by atoms with van der Waals surface area (Å²) in [5, 5.41) is 7.74. The number of halogens is 3. The number of nitrogens with one attached hydrogen (secondary N) is 1. The van der Waals surface area contributed by atoms with Crippen molar-refractivity contribution in [3.63, 3.8) is 0 Å². The molecular formula is C12H13F3N4. The van der Waals surface area contributed by atoms with E-state index in [2.05, 4.69) is 10.4 Å². The summed E-state index contributed by atoms with van der Waals surface area (Å²) in [7, 11) is 0. The molecule has 1 aromatic heterocycles. The molecule has 1 aliphatic heterocycles. The van der Waals surface area contributed by atoms with E-state index in [-0.39, 0.29) is 12.5 Å². The van der Waals surface area contributed by atoms with Gasteiger partial charge < -0.3 is 11.1 Å². The number of alkyl halides is 3. The molecular weight excluding hydrogens is 257 g/mol. The van der Waals surface area contributed by atoms with E-state index in [0.29, 0.717) is 22.4 Å². The van der Waals surface area contributed by atoms with Gasteiger partial charge in [0.25, 0.3) is 0 Å². The highest BCUT2D eigenvalue weighted by Crippen LogP contribution is 2.41. The second-order valence-corrected chi connectivity index (χ2v) is 4.91. The van der Waals surface area contributed by atoms with E-state index in [4.69, 9.17) is 5.73 Å². The number of fused-ring (bicyclic) bond motifs is 3. The summed E-state index contributed by atoms with van der Waals surface area (Å²) in [6.07, 6.45) is -4.33. The van der Waals surface area contributed by atoms with Crippen molar-refractivity contribution in [3.8, 4) is 0 Å². The van der Waals surface area contributed by atoms with Crippen molar-refractivity contribution < 1.29 is 13.2 Å².